The first-order valence-corrected chi connectivity index (χ1v) is 10.8. The molecule has 0 aliphatic carbocycles. The fourth-order valence-electron chi connectivity index (χ4n) is 3.34. The Bertz CT molecular complexity index is 1060. The maximum absolute atomic E-state index is 12.9. The van der Waals surface area contributed by atoms with Crippen LogP contribution in [-0.4, -0.2) is 56.0 Å². The fourth-order valence-corrected chi connectivity index (χ4v) is 4.76. The van der Waals surface area contributed by atoms with Gasteiger partial charge in [-0.25, -0.2) is 18.4 Å². The molecule has 1 fully saturated rings. The highest BCUT2D eigenvalue weighted by Gasteiger charge is 2.29. The van der Waals surface area contributed by atoms with Gasteiger partial charge in [0.15, 0.2) is 0 Å². The first kappa shape index (κ1) is 19.4. The number of hydrogen-bond donors (Lipinski definition) is 0. The van der Waals surface area contributed by atoms with Crippen molar-refractivity contribution in [1.82, 2.24) is 14.3 Å². The Balaban J connectivity index is 1.47. The van der Waals surface area contributed by atoms with E-state index in [0.29, 0.717) is 31.9 Å². The Kier molecular flexibility index (Phi) is 5.46. The lowest BCUT2D eigenvalue weighted by Crippen LogP contribution is -2.48. The molecular weight excluding hydrogens is 388 g/mol. The summed E-state index contributed by atoms with van der Waals surface area (Å²) < 4.78 is 32.4. The molecule has 1 saturated heterocycles. The van der Waals surface area contributed by atoms with Crippen molar-refractivity contribution >= 4 is 15.8 Å². The van der Waals surface area contributed by atoms with E-state index in [2.05, 4.69) is 14.9 Å². The van der Waals surface area contributed by atoms with Crippen molar-refractivity contribution in [3.63, 3.8) is 0 Å². The standard InChI is InChI=1S/C21H22N4O3S/c1-28-18-7-9-19(10-8-18)29(26,27)25-13-11-24(12-14-25)21-15-20(22-16-23-21)17-5-3-2-4-6-17/h2-10,15-16H,11-14H2,1H3. The molecule has 150 valence electrons. The Morgan fingerprint density at radius 1 is 0.897 bits per heavy atom. The zero-order chi connectivity index (χ0) is 20.3. The van der Waals surface area contributed by atoms with Crippen molar-refractivity contribution in [3.05, 3.63) is 67.0 Å². The van der Waals surface area contributed by atoms with Crippen molar-refractivity contribution < 1.29 is 13.2 Å². The van der Waals surface area contributed by atoms with E-state index in [0.717, 1.165) is 17.1 Å². The van der Waals surface area contributed by atoms with Crippen LogP contribution < -0.4 is 9.64 Å². The van der Waals surface area contributed by atoms with Gasteiger partial charge in [0.1, 0.15) is 17.9 Å². The van der Waals surface area contributed by atoms with Gasteiger partial charge >= 0.3 is 0 Å². The van der Waals surface area contributed by atoms with Gasteiger partial charge in [-0.3, -0.25) is 0 Å². The summed E-state index contributed by atoms with van der Waals surface area (Å²) in [6.07, 6.45) is 1.55. The highest BCUT2D eigenvalue weighted by Crippen LogP contribution is 2.24. The minimum absolute atomic E-state index is 0.278. The van der Waals surface area contributed by atoms with Gasteiger partial charge in [-0.1, -0.05) is 30.3 Å². The minimum atomic E-state index is -3.53. The summed E-state index contributed by atoms with van der Waals surface area (Å²) in [5.74, 6) is 1.44. The molecule has 1 aliphatic heterocycles. The number of piperazine rings is 1. The van der Waals surface area contributed by atoms with Crippen LogP contribution in [0.5, 0.6) is 5.75 Å². The van der Waals surface area contributed by atoms with E-state index in [1.165, 1.54) is 4.31 Å². The summed E-state index contributed by atoms with van der Waals surface area (Å²) in [7, 11) is -1.97. The lowest BCUT2D eigenvalue weighted by molar-refractivity contribution is 0.383. The van der Waals surface area contributed by atoms with E-state index >= 15 is 0 Å². The Labute approximate surface area is 170 Å². The van der Waals surface area contributed by atoms with Crippen molar-refractivity contribution in [3.8, 4) is 17.0 Å². The van der Waals surface area contributed by atoms with Crippen LogP contribution in [0.2, 0.25) is 0 Å². The number of nitrogens with zero attached hydrogens (tertiary/aromatic N) is 4. The maximum Gasteiger partial charge on any atom is 0.243 e. The van der Waals surface area contributed by atoms with Crippen LogP contribution in [0.3, 0.4) is 0 Å². The van der Waals surface area contributed by atoms with Gasteiger partial charge in [0.25, 0.3) is 0 Å². The number of ether oxygens (including phenoxy) is 1. The zero-order valence-corrected chi connectivity index (χ0v) is 16.9. The molecule has 0 spiro atoms. The van der Waals surface area contributed by atoms with E-state index < -0.39 is 10.0 Å². The van der Waals surface area contributed by atoms with Crippen LogP contribution in [-0.2, 0) is 10.0 Å². The monoisotopic (exact) mass is 410 g/mol. The summed E-state index contributed by atoms with van der Waals surface area (Å²) in [6.45, 7) is 1.94. The first-order valence-electron chi connectivity index (χ1n) is 9.34. The van der Waals surface area contributed by atoms with E-state index in [4.69, 9.17) is 4.74 Å². The van der Waals surface area contributed by atoms with Crippen LogP contribution >= 0.6 is 0 Å². The summed E-state index contributed by atoms with van der Waals surface area (Å²) in [5, 5.41) is 0. The molecule has 7 nitrogen and oxygen atoms in total. The van der Waals surface area contributed by atoms with E-state index in [9.17, 15) is 8.42 Å². The molecule has 3 aromatic rings. The fraction of sp³-hybridized carbons (Fsp3) is 0.238. The molecule has 1 aromatic heterocycles. The van der Waals surface area contributed by atoms with Crippen molar-refractivity contribution in [2.45, 2.75) is 4.90 Å². The average molecular weight is 410 g/mol. The highest BCUT2D eigenvalue weighted by molar-refractivity contribution is 7.89. The summed E-state index contributed by atoms with van der Waals surface area (Å²) >= 11 is 0. The Morgan fingerprint density at radius 2 is 1.59 bits per heavy atom. The summed E-state index contributed by atoms with van der Waals surface area (Å²) in [5.41, 5.74) is 1.88. The molecule has 0 bridgehead atoms. The topological polar surface area (TPSA) is 75.6 Å². The second kappa shape index (κ2) is 8.18. The third-order valence-electron chi connectivity index (χ3n) is 4.98. The third-order valence-corrected chi connectivity index (χ3v) is 6.89. The predicted molar refractivity (Wildman–Crippen MR) is 111 cm³/mol. The Morgan fingerprint density at radius 3 is 2.24 bits per heavy atom. The quantitative estimate of drug-likeness (QED) is 0.644. The minimum Gasteiger partial charge on any atom is -0.497 e. The average Bonchev–Trinajstić information content (AvgIpc) is 2.80. The van der Waals surface area contributed by atoms with Gasteiger partial charge in [0.05, 0.1) is 17.7 Å². The normalized spacial score (nSPS) is 15.3. The van der Waals surface area contributed by atoms with Gasteiger partial charge in [-0.2, -0.15) is 4.31 Å². The van der Waals surface area contributed by atoms with Crippen LogP contribution in [0.4, 0.5) is 5.82 Å². The molecule has 0 atom stereocenters. The molecule has 8 heteroatoms. The molecule has 0 amide bonds. The second-order valence-electron chi connectivity index (χ2n) is 6.69. The number of methoxy groups -OCH3 is 1. The number of anilines is 1. The van der Waals surface area contributed by atoms with Gasteiger partial charge < -0.3 is 9.64 Å². The molecule has 4 rings (SSSR count). The van der Waals surface area contributed by atoms with Crippen LogP contribution in [0, 0.1) is 0 Å². The van der Waals surface area contributed by atoms with Crippen molar-refractivity contribution in [1.29, 1.82) is 0 Å². The van der Waals surface area contributed by atoms with Crippen molar-refractivity contribution in [2.75, 3.05) is 38.2 Å². The first-order chi connectivity index (χ1) is 14.1. The van der Waals surface area contributed by atoms with Gasteiger partial charge in [0, 0.05) is 37.8 Å². The molecule has 1 aliphatic rings. The largest absolute Gasteiger partial charge is 0.497 e. The highest BCUT2D eigenvalue weighted by atomic mass is 32.2. The van der Waals surface area contributed by atoms with Gasteiger partial charge in [-0.15, -0.1) is 0 Å². The SMILES string of the molecule is COc1ccc(S(=O)(=O)N2CCN(c3cc(-c4ccccc4)ncn3)CC2)cc1. The molecule has 0 saturated carbocycles. The Hall–Kier alpha value is -2.97. The lowest BCUT2D eigenvalue weighted by atomic mass is 10.1. The molecular formula is C21H22N4O3S. The second-order valence-corrected chi connectivity index (χ2v) is 8.63. The lowest BCUT2D eigenvalue weighted by Gasteiger charge is -2.34. The number of benzene rings is 2. The predicted octanol–water partition coefficient (Wildman–Crippen LogP) is 2.66. The summed E-state index contributed by atoms with van der Waals surface area (Å²) in [6, 6.07) is 18.4. The molecule has 2 aromatic carbocycles. The summed E-state index contributed by atoms with van der Waals surface area (Å²) in [4.78, 5) is 11.1. The number of sulfonamides is 1. The number of hydrogen-bond acceptors (Lipinski definition) is 6. The number of aromatic nitrogens is 2. The van der Waals surface area contributed by atoms with Crippen LogP contribution in [0.1, 0.15) is 0 Å². The third kappa shape index (κ3) is 4.08. The van der Waals surface area contributed by atoms with Gasteiger partial charge in [0.2, 0.25) is 10.0 Å². The zero-order valence-electron chi connectivity index (χ0n) is 16.1. The molecule has 0 unspecified atom stereocenters. The van der Waals surface area contributed by atoms with E-state index in [-0.39, 0.29) is 4.90 Å². The molecule has 0 N–H and O–H groups in total. The van der Waals surface area contributed by atoms with Gasteiger partial charge in [-0.05, 0) is 24.3 Å². The number of rotatable bonds is 5. The van der Waals surface area contributed by atoms with Crippen molar-refractivity contribution in [2.24, 2.45) is 0 Å². The van der Waals surface area contributed by atoms with E-state index in [1.807, 2.05) is 36.4 Å². The molecule has 29 heavy (non-hydrogen) atoms. The molecule has 0 radical (unpaired) electrons. The molecule has 2 heterocycles. The maximum atomic E-state index is 12.9. The van der Waals surface area contributed by atoms with E-state index in [1.54, 1.807) is 37.7 Å². The smallest absolute Gasteiger partial charge is 0.243 e. The van der Waals surface area contributed by atoms with Crippen LogP contribution in [0.15, 0.2) is 71.9 Å². The van der Waals surface area contributed by atoms with Crippen LogP contribution in [0.25, 0.3) is 11.3 Å².